The molecular formula is C53H47N5O12S7. The molecule has 24 heteroatoms. The van der Waals surface area contributed by atoms with Gasteiger partial charge < -0.3 is 5.73 Å². The van der Waals surface area contributed by atoms with Crippen LogP contribution in [0.3, 0.4) is 0 Å². The molecule has 0 atom stereocenters. The van der Waals surface area contributed by atoms with Crippen molar-refractivity contribution in [2.24, 2.45) is 15.0 Å². The average Bonchev–Trinajstić information content (AvgIpc) is 3.41. The SMILES string of the molecule is CCc1ccc2c(c1)N=C1C=CCC=C1S2.CCc1ccc2sc3cc(=Nc4cc(S(=O)(=O)O)ccc4S(=O)(=O)O)ccc-3nc2c1.Cc1ccc2c(c1)N=C1C=CCC=C1S2.Nc1cc(S(=O)(=O)O)ccc1S(=O)(=O)O. The highest BCUT2D eigenvalue weighted by molar-refractivity contribution is 8.04. The molecule has 3 aliphatic heterocycles. The van der Waals surface area contributed by atoms with Crippen molar-refractivity contribution in [1.29, 1.82) is 0 Å². The van der Waals surface area contributed by atoms with Gasteiger partial charge in [0.05, 0.1) is 70.1 Å². The molecule has 17 nitrogen and oxygen atoms in total. The van der Waals surface area contributed by atoms with Crippen molar-refractivity contribution in [2.45, 2.75) is 75.8 Å². The summed E-state index contributed by atoms with van der Waals surface area (Å²) >= 11 is 5.15. The number of nitrogens with two attached hydrogens (primary N) is 1. The molecule has 0 unspecified atom stereocenters. The minimum atomic E-state index is -4.67. The van der Waals surface area contributed by atoms with Gasteiger partial charge in [0, 0.05) is 19.6 Å². The Bertz CT molecular complexity index is 4220. The zero-order valence-electron chi connectivity index (χ0n) is 41.0. The lowest BCUT2D eigenvalue weighted by Gasteiger charge is -2.18. The van der Waals surface area contributed by atoms with E-state index in [1.54, 1.807) is 18.2 Å². The normalized spacial score (nSPS) is 14.8. The molecule has 77 heavy (non-hydrogen) atoms. The highest BCUT2D eigenvalue weighted by Gasteiger charge is 2.22. The number of nitrogens with zero attached hydrogens (tertiary/aromatic N) is 4. The van der Waals surface area contributed by atoms with Gasteiger partial charge in [-0.1, -0.05) is 79.9 Å². The van der Waals surface area contributed by atoms with Crippen molar-refractivity contribution in [3.8, 4) is 10.6 Å². The number of hydrogen-bond donors (Lipinski definition) is 5. The van der Waals surface area contributed by atoms with Crippen LogP contribution in [0.4, 0.5) is 22.7 Å². The van der Waals surface area contributed by atoms with E-state index in [-0.39, 0.29) is 5.69 Å². The minimum absolute atomic E-state index is 0.316. The highest BCUT2D eigenvalue weighted by Crippen LogP contribution is 2.43. The fourth-order valence-electron chi connectivity index (χ4n) is 7.69. The van der Waals surface area contributed by atoms with Crippen LogP contribution in [0.1, 0.15) is 43.4 Å². The molecule has 0 amide bonds. The number of allylic oxidation sites excluding steroid dienone is 8. The second kappa shape index (κ2) is 23.3. The van der Waals surface area contributed by atoms with Gasteiger partial charge in [0.1, 0.15) is 9.79 Å². The van der Waals surface area contributed by atoms with Crippen LogP contribution in [-0.2, 0) is 53.3 Å². The molecule has 3 heterocycles. The maximum atomic E-state index is 11.7. The lowest BCUT2D eigenvalue weighted by Crippen LogP contribution is -2.05. The molecule has 0 saturated heterocycles. The van der Waals surface area contributed by atoms with E-state index < -0.39 is 65.7 Å². The molecule has 0 fully saturated rings. The number of hydrogen-bond acceptors (Lipinski definition) is 16. The first-order chi connectivity index (χ1) is 36.4. The maximum Gasteiger partial charge on any atom is 0.296 e. The molecule has 0 saturated carbocycles. The van der Waals surface area contributed by atoms with Crippen LogP contribution >= 0.6 is 34.9 Å². The molecule has 0 bridgehead atoms. The number of anilines is 1. The van der Waals surface area contributed by atoms with Gasteiger partial charge in [-0.3, -0.25) is 18.2 Å². The number of thioether (sulfide) groups is 2. The molecule has 6 aliphatic rings. The summed E-state index contributed by atoms with van der Waals surface area (Å²) in [5.41, 5.74) is 14.3. The summed E-state index contributed by atoms with van der Waals surface area (Å²) in [7, 11) is -18.2. The Morgan fingerprint density at radius 3 is 1.70 bits per heavy atom. The molecule has 5 aromatic carbocycles. The Labute approximate surface area is 457 Å². The van der Waals surface area contributed by atoms with Gasteiger partial charge in [0.2, 0.25) is 0 Å². The Kier molecular flexibility index (Phi) is 17.2. The fraction of sp³-hybridized carbons (Fsp3) is 0.132. The minimum Gasteiger partial charge on any atom is -0.398 e. The Balaban J connectivity index is 0.000000145. The Hall–Kier alpha value is -6.42. The zero-order chi connectivity index (χ0) is 55.5. The van der Waals surface area contributed by atoms with E-state index in [2.05, 4.69) is 109 Å². The third-order valence-electron chi connectivity index (χ3n) is 11.6. The summed E-state index contributed by atoms with van der Waals surface area (Å²) in [5, 5.41) is 0.326. The van der Waals surface area contributed by atoms with Gasteiger partial charge in [-0.15, -0.1) is 11.3 Å². The third kappa shape index (κ3) is 14.2. The number of rotatable bonds is 7. The van der Waals surface area contributed by atoms with Crippen molar-refractivity contribution in [3.63, 3.8) is 0 Å². The molecule has 0 aromatic heterocycles. The molecule has 0 radical (unpaired) electrons. The Morgan fingerprint density at radius 2 is 1.13 bits per heavy atom. The lowest BCUT2D eigenvalue weighted by molar-refractivity contribution is 0.478. The van der Waals surface area contributed by atoms with Crippen LogP contribution in [0, 0.1) is 6.92 Å². The van der Waals surface area contributed by atoms with Gasteiger partial charge in [-0.05, 0) is 152 Å². The number of aliphatic imine (C=N–C) groups is 2. The van der Waals surface area contributed by atoms with Gasteiger partial charge in [-0.25, -0.2) is 20.0 Å². The summed E-state index contributed by atoms with van der Waals surface area (Å²) in [6.45, 7) is 6.35. The highest BCUT2D eigenvalue weighted by atomic mass is 32.2. The number of aromatic nitrogens is 1. The van der Waals surface area contributed by atoms with Gasteiger partial charge in [-0.2, -0.15) is 33.7 Å². The van der Waals surface area contributed by atoms with E-state index in [9.17, 15) is 42.8 Å². The lowest BCUT2D eigenvalue weighted by atomic mass is 10.1. The second-order valence-corrected chi connectivity index (χ2v) is 26.0. The second-order valence-electron chi connectivity index (χ2n) is 17.1. The van der Waals surface area contributed by atoms with Crippen molar-refractivity contribution in [3.05, 3.63) is 178 Å². The topological polar surface area (TPSA) is 293 Å². The Morgan fingerprint density at radius 1 is 0.584 bits per heavy atom. The monoisotopic (exact) mass is 1170 g/mol. The standard InChI is InChI=1S/C20H16N2O6S3.C14H13NS.C13H11NS.C6H7NO6S2/c1-2-12-3-7-18-16(9-12)22-15-6-4-13(10-19(15)29-18)21-17-11-14(30(23,24)25)5-8-20(17)31(26,27)28;1-2-10-7-8-14-12(9-10)15-11-5-3-4-6-13(11)16-14;1-9-6-7-13-11(8-9)14-10-4-2-3-5-12(10)15-13;7-5-3-4(14(8,9)10)1-2-6(5)15(11,12)13/h3-11H,2H2,1H3,(H,23,24,25)(H,26,27,28);3,5-9H,2,4H2,1H3;2,4-8H,3H2,1H3;1-3H,7H2,(H,8,9,10)(H,11,12,13). The molecular weight excluding hydrogens is 1120 g/mol. The summed E-state index contributed by atoms with van der Waals surface area (Å²) in [6, 6.07) is 29.1. The summed E-state index contributed by atoms with van der Waals surface area (Å²) in [5.74, 6) is 0. The first-order valence-corrected chi connectivity index (χ1v) is 31.4. The first kappa shape index (κ1) is 56.8. The smallest absolute Gasteiger partial charge is 0.296 e. The summed E-state index contributed by atoms with van der Waals surface area (Å²) < 4.78 is 126. The van der Waals surface area contributed by atoms with Crippen LogP contribution in [0.2, 0.25) is 0 Å². The van der Waals surface area contributed by atoms with Crippen molar-refractivity contribution in [1.82, 2.24) is 4.98 Å². The quantitative estimate of drug-likeness (QED) is 0.0563. The largest absolute Gasteiger partial charge is 0.398 e. The summed E-state index contributed by atoms with van der Waals surface area (Å²) in [4.78, 5) is 21.9. The number of aryl methyl sites for hydroxylation is 3. The van der Waals surface area contributed by atoms with E-state index in [1.165, 1.54) is 47.6 Å². The van der Waals surface area contributed by atoms with Crippen LogP contribution in [0.5, 0.6) is 0 Å². The molecule has 0 spiro atoms. The van der Waals surface area contributed by atoms with E-state index in [4.69, 9.17) is 19.8 Å². The molecule has 398 valence electrons. The van der Waals surface area contributed by atoms with Crippen LogP contribution in [0.15, 0.2) is 200 Å². The van der Waals surface area contributed by atoms with E-state index in [0.29, 0.717) is 5.36 Å². The van der Waals surface area contributed by atoms with Crippen molar-refractivity contribution < 1.29 is 51.9 Å². The molecule has 3 aliphatic carbocycles. The molecule has 6 N–H and O–H groups in total. The van der Waals surface area contributed by atoms with E-state index in [0.717, 1.165) is 106 Å². The maximum absolute atomic E-state index is 11.7. The number of nitrogen functional groups attached to an aromatic ring is 1. The average molecular weight is 1170 g/mol. The predicted octanol–water partition coefficient (Wildman–Crippen LogP) is 11.7. The van der Waals surface area contributed by atoms with Gasteiger partial charge in [0.15, 0.2) is 0 Å². The fourth-order valence-corrected chi connectivity index (χ4v) is 12.8. The third-order valence-corrected chi connectivity index (χ3v) is 18.5. The molecule has 5 aromatic rings. The first-order valence-electron chi connectivity index (χ1n) is 23.2. The van der Waals surface area contributed by atoms with Crippen LogP contribution in [-0.4, -0.2) is 68.3 Å². The summed E-state index contributed by atoms with van der Waals surface area (Å²) in [6.07, 6.45) is 17.1. The predicted molar refractivity (Wildman–Crippen MR) is 304 cm³/mol. The van der Waals surface area contributed by atoms with Crippen molar-refractivity contribution >= 4 is 120 Å². The van der Waals surface area contributed by atoms with E-state index >= 15 is 0 Å². The number of benzene rings is 6. The van der Waals surface area contributed by atoms with Gasteiger partial charge >= 0.3 is 0 Å². The van der Waals surface area contributed by atoms with E-state index in [1.807, 2.05) is 41.7 Å². The number of fused-ring (bicyclic) bond motifs is 6. The zero-order valence-corrected chi connectivity index (χ0v) is 46.7. The van der Waals surface area contributed by atoms with Crippen LogP contribution in [0.25, 0.3) is 20.8 Å². The van der Waals surface area contributed by atoms with Gasteiger partial charge in [0.25, 0.3) is 40.5 Å². The van der Waals surface area contributed by atoms with Crippen molar-refractivity contribution in [2.75, 3.05) is 5.73 Å². The molecule has 11 rings (SSSR count). The van der Waals surface area contributed by atoms with Crippen LogP contribution < -0.4 is 11.1 Å².